The molecular weight excluding hydrogens is 314 g/mol. The molecule has 0 spiro atoms. The lowest BCUT2D eigenvalue weighted by molar-refractivity contribution is -0.123. The van der Waals surface area contributed by atoms with Gasteiger partial charge in [-0.1, -0.05) is 76.8 Å². The van der Waals surface area contributed by atoms with E-state index in [4.69, 9.17) is 0 Å². The number of hydrogen-bond acceptors (Lipinski definition) is 3. The maximum absolute atomic E-state index is 12.2. The lowest BCUT2D eigenvalue weighted by Crippen LogP contribution is -2.32. The summed E-state index contributed by atoms with van der Waals surface area (Å²) in [6.45, 7) is 2.67. The molecule has 0 bridgehead atoms. The van der Waals surface area contributed by atoms with Crippen LogP contribution in [0.1, 0.15) is 82.6 Å². The number of aliphatic hydroxyl groups excluding tert-OH is 1. The van der Waals surface area contributed by atoms with Crippen molar-refractivity contribution >= 4 is 5.91 Å². The largest absolute Gasteiger partial charge is 0.508 e. The van der Waals surface area contributed by atoms with Gasteiger partial charge in [-0.25, -0.2) is 0 Å². The van der Waals surface area contributed by atoms with Crippen molar-refractivity contribution in [3.05, 3.63) is 29.8 Å². The van der Waals surface area contributed by atoms with Gasteiger partial charge < -0.3 is 15.5 Å². The summed E-state index contributed by atoms with van der Waals surface area (Å²) in [6, 6.07) is 6.42. The monoisotopic (exact) mass is 349 g/mol. The fourth-order valence-electron chi connectivity index (χ4n) is 2.99. The van der Waals surface area contributed by atoms with Crippen LogP contribution in [0.3, 0.4) is 0 Å². The van der Waals surface area contributed by atoms with Crippen molar-refractivity contribution in [1.82, 2.24) is 5.32 Å². The van der Waals surface area contributed by atoms with E-state index in [1.54, 1.807) is 12.1 Å². The number of hydrogen-bond donors (Lipinski definition) is 3. The molecule has 0 radical (unpaired) electrons. The standard InChI is InChI=1S/C21H35NO3/c1-2-3-4-5-6-7-8-9-10-11-16-22-21(25)20(17-23)18-12-14-19(24)15-13-18/h12-15,20,23-24H,2-11,16-17H2,1H3,(H,22,25). The second-order valence-electron chi connectivity index (χ2n) is 6.80. The molecule has 0 aliphatic rings. The quantitative estimate of drug-likeness (QED) is 0.433. The first-order chi connectivity index (χ1) is 12.2. The predicted molar refractivity (Wildman–Crippen MR) is 103 cm³/mol. The van der Waals surface area contributed by atoms with E-state index in [0.29, 0.717) is 6.54 Å². The van der Waals surface area contributed by atoms with Crippen molar-refractivity contribution < 1.29 is 15.0 Å². The van der Waals surface area contributed by atoms with Gasteiger partial charge in [0, 0.05) is 6.54 Å². The molecule has 1 aromatic carbocycles. The number of nitrogens with one attached hydrogen (secondary N) is 1. The Morgan fingerprint density at radius 2 is 1.44 bits per heavy atom. The van der Waals surface area contributed by atoms with E-state index in [9.17, 15) is 15.0 Å². The van der Waals surface area contributed by atoms with E-state index in [1.807, 2.05) is 0 Å². The van der Waals surface area contributed by atoms with Gasteiger partial charge in [0.25, 0.3) is 0 Å². The number of rotatable bonds is 14. The molecule has 1 amide bonds. The third kappa shape index (κ3) is 9.49. The van der Waals surface area contributed by atoms with Gasteiger partial charge in [0.15, 0.2) is 0 Å². The Morgan fingerprint density at radius 1 is 0.920 bits per heavy atom. The first kappa shape index (κ1) is 21.5. The minimum absolute atomic E-state index is 0.149. The molecule has 1 aromatic rings. The molecule has 25 heavy (non-hydrogen) atoms. The average molecular weight is 350 g/mol. The summed E-state index contributed by atoms with van der Waals surface area (Å²) in [6.07, 6.45) is 12.7. The molecular formula is C21H35NO3. The lowest BCUT2D eigenvalue weighted by atomic mass is 9.99. The number of unbranched alkanes of at least 4 members (excludes halogenated alkanes) is 9. The fraction of sp³-hybridized carbons (Fsp3) is 0.667. The van der Waals surface area contributed by atoms with Gasteiger partial charge >= 0.3 is 0 Å². The van der Waals surface area contributed by atoms with Crippen LogP contribution in [0.5, 0.6) is 5.75 Å². The van der Waals surface area contributed by atoms with Crippen LogP contribution in [0.25, 0.3) is 0 Å². The highest BCUT2D eigenvalue weighted by Crippen LogP contribution is 2.19. The van der Waals surface area contributed by atoms with Gasteiger partial charge in [0.05, 0.1) is 12.5 Å². The summed E-state index contributed by atoms with van der Waals surface area (Å²) < 4.78 is 0. The van der Waals surface area contributed by atoms with Crippen LogP contribution in [0, 0.1) is 0 Å². The summed E-state index contributed by atoms with van der Waals surface area (Å²) in [7, 11) is 0. The molecule has 0 aliphatic carbocycles. The zero-order valence-corrected chi connectivity index (χ0v) is 15.7. The summed E-state index contributed by atoms with van der Waals surface area (Å²) in [5.74, 6) is -0.556. The SMILES string of the molecule is CCCCCCCCCCCCNC(=O)C(CO)c1ccc(O)cc1. The van der Waals surface area contributed by atoms with Crippen LogP contribution in [-0.4, -0.2) is 29.3 Å². The Labute approximate surface area is 152 Å². The van der Waals surface area contributed by atoms with Gasteiger partial charge in [0.2, 0.25) is 5.91 Å². The number of aliphatic hydroxyl groups is 1. The summed E-state index contributed by atoms with van der Waals surface area (Å²) in [4.78, 5) is 12.2. The Bertz CT molecular complexity index is 459. The Morgan fingerprint density at radius 3 is 1.96 bits per heavy atom. The van der Waals surface area contributed by atoms with E-state index in [0.717, 1.165) is 18.4 Å². The number of carbonyl (C=O) groups is 1. The molecule has 0 heterocycles. The molecule has 0 aliphatic heterocycles. The van der Waals surface area contributed by atoms with Crippen molar-refractivity contribution in [2.45, 2.75) is 77.0 Å². The molecule has 4 nitrogen and oxygen atoms in total. The Hall–Kier alpha value is -1.55. The maximum Gasteiger partial charge on any atom is 0.229 e. The van der Waals surface area contributed by atoms with Crippen LogP contribution in [0.2, 0.25) is 0 Å². The number of benzene rings is 1. The van der Waals surface area contributed by atoms with Crippen molar-refractivity contribution in [2.24, 2.45) is 0 Å². The molecule has 4 heteroatoms. The van der Waals surface area contributed by atoms with Crippen LogP contribution in [0.4, 0.5) is 0 Å². The highest BCUT2D eigenvalue weighted by atomic mass is 16.3. The molecule has 0 saturated carbocycles. The van der Waals surface area contributed by atoms with Crippen LogP contribution in [-0.2, 0) is 4.79 Å². The second-order valence-corrected chi connectivity index (χ2v) is 6.80. The summed E-state index contributed by atoms with van der Waals surface area (Å²) in [5, 5.41) is 21.7. The molecule has 0 fully saturated rings. The zero-order chi connectivity index (χ0) is 18.3. The van der Waals surface area contributed by atoms with Gasteiger partial charge in [-0.15, -0.1) is 0 Å². The highest BCUT2D eigenvalue weighted by Gasteiger charge is 2.19. The third-order valence-electron chi connectivity index (χ3n) is 4.62. The van der Waals surface area contributed by atoms with Crippen LogP contribution < -0.4 is 5.32 Å². The Balaban J connectivity index is 2.08. The molecule has 142 valence electrons. The van der Waals surface area contributed by atoms with Gasteiger partial charge in [0.1, 0.15) is 5.75 Å². The second kappa shape index (κ2) is 13.7. The fourth-order valence-corrected chi connectivity index (χ4v) is 2.99. The van der Waals surface area contributed by atoms with E-state index >= 15 is 0 Å². The predicted octanol–water partition coefficient (Wildman–Crippen LogP) is 4.51. The molecule has 1 unspecified atom stereocenters. The van der Waals surface area contributed by atoms with Crippen molar-refractivity contribution in [3.8, 4) is 5.75 Å². The first-order valence-corrected chi connectivity index (χ1v) is 9.86. The molecule has 0 saturated heterocycles. The average Bonchev–Trinajstić information content (AvgIpc) is 2.62. The van der Waals surface area contributed by atoms with Crippen molar-refractivity contribution in [2.75, 3.05) is 13.2 Å². The summed E-state index contributed by atoms with van der Waals surface area (Å²) >= 11 is 0. The lowest BCUT2D eigenvalue weighted by Gasteiger charge is -2.15. The number of phenols is 1. The summed E-state index contributed by atoms with van der Waals surface area (Å²) in [5.41, 5.74) is 0.723. The zero-order valence-electron chi connectivity index (χ0n) is 15.7. The third-order valence-corrected chi connectivity index (χ3v) is 4.62. The van der Waals surface area contributed by atoms with Gasteiger partial charge in [-0.3, -0.25) is 4.79 Å². The van der Waals surface area contributed by atoms with E-state index < -0.39 is 5.92 Å². The van der Waals surface area contributed by atoms with Crippen LogP contribution >= 0.6 is 0 Å². The Kier molecular flexibility index (Phi) is 11.8. The minimum atomic E-state index is -0.566. The van der Waals surface area contributed by atoms with Crippen molar-refractivity contribution in [1.29, 1.82) is 0 Å². The minimum Gasteiger partial charge on any atom is -0.508 e. The molecule has 1 atom stereocenters. The first-order valence-electron chi connectivity index (χ1n) is 9.86. The normalized spacial score (nSPS) is 12.1. The highest BCUT2D eigenvalue weighted by molar-refractivity contribution is 5.83. The number of carbonyl (C=O) groups excluding carboxylic acids is 1. The van der Waals surface area contributed by atoms with Crippen molar-refractivity contribution in [3.63, 3.8) is 0 Å². The number of aromatic hydroxyl groups is 1. The maximum atomic E-state index is 12.2. The number of amides is 1. The van der Waals surface area contributed by atoms with E-state index in [-0.39, 0.29) is 18.3 Å². The van der Waals surface area contributed by atoms with Crippen LogP contribution in [0.15, 0.2) is 24.3 Å². The topological polar surface area (TPSA) is 69.6 Å². The van der Waals surface area contributed by atoms with E-state index in [2.05, 4.69) is 12.2 Å². The molecule has 0 aromatic heterocycles. The molecule has 3 N–H and O–H groups in total. The van der Waals surface area contributed by atoms with Gasteiger partial charge in [-0.05, 0) is 24.1 Å². The number of phenolic OH excluding ortho intramolecular Hbond substituents is 1. The smallest absolute Gasteiger partial charge is 0.229 e. The molecule has 1 rings (SSSR count). The van der Waals surface area contributed by atoms with E-state index in [1.165, 1.54) is 63.5 Å². The van der Waals surface area contributed by atoms with Gasteiger partial charge in [-0.2, -0.15) is 0 Å².